The second-order valence-corrected chi connectivity index (χ2v) is 4.04. The number of nitrogens with two attached hydrogens (primary N) is 1. The first-order valence-corrected chi connectivity index (χ1v) is 5.24. The summed E-state index contributed by atoms with van der Waals surface area (Å²) in [5.41, 5.74) is 5.70. The third kappa shape index (κ3) is 1.90. The molecular weight excluding hydrogens is 176 g/mol. The maximum Gasteiger partial charge on any atom is 0.200 e. The molecule has 0 radical (unpaired) electrons. The molecule has 1 unspecified atom stereocenters. The summed E-state index contributed by atoms with van der Waals surface area (Å²) in [4.78, 5) is 6.45. The Hall–Kier alpha value is -1.03. The predicted octanol–water partition coefficient (Wildman–Crippen LogP) is 0.950. The lowest BCUT2D eigenvalue weighted by atomic mass is 10.1. The molecule has 0 saturated carbocycles. The van der Waals surface area contributed by atoms with Gasteiger partial charge in [-0.1, -0.05) is 0 Å². The summed E-state index contributed by atoms with van der Waals surface area (Å²) in [5.74, 6) is 0.630. The molecule has 4 heteroatoms. The van der Waals surface area contributed by atoms with E-state index in [0.717, 1.165) is 12.6 Å². The fourth-order valence-electron chi connectivity index (χ4n) is 2.16. The minimum absolute atomic E-state index is 0.630. The Balaban J connectivity index is 1.85. The summed E-state index contributed by atoms with van der Waals surface area (Å²) in [6.07, 6.45) is 7.54. The number of hydrogen-bond acceptors (Lipinski definition) is 3. The molecule has 0 amide bonds. The van der Waals surface area contributed by atoms with Crippen LogP contribution in [0, 0.1) is 0 Å². The molecule has 0 spiro atoms. The highest BCUT2D eigenvalue weighted by molar-refractivity contribution is 5.16. The number of hydrogen-bond donors (Lipinski definition) is 1. The molecule has 0 bridgehead atoms. The van der Waals surface area contributed by atoms with E-state index in [4.69, 9.17) is 5.73 Å². The van der Waals surface area contributed by atoms with Gasteiger partial charge in [0.05, 0.1) is 0 Å². The van der Waals surface area contributed by atoms with E-state index in [2.05, 4.69) is 16.9 Å². The van der Waals surface area contributed by atoms with Gasteiger partial charge in [-0.3, -0.25) is 0 Å². The van der Waals surface area contributed by atoms with E-state index in [1.807, 2.05) is 10.8 Å². The maximum atomic E-state index is 5.70. The zero-order valence-electron chi connectivity index (χ0n) is 8.69. The first-order chi connectivity index (χ1) is 6.77. The van der Waals surface area contributed by atoms with Crippen LogP contribution in [0.25, 0.3) is 0 Å². The molecule has 1 atom stereocenters. The van der Waals surface area contributed by atoms with Crippen molar-refractivity contribution in [2.45, 2.75) is 31.8 Å². The zero-order chi connectivity index (χ0) is 9.97. The van der Waals surface area contributed by atoms with E-state index in [0.29, 0.717) is 5.95 Å². The van der Waals surface area contributed by atoms with E-state index in [-0.39, 0.29) is 0 Å². The fraction of sp³-hybridized carbons (Fsp3) is 0.700. The average Bonchev–Trinajstić information content (AvgIpc) is 2.72. The van der Waals surface area contributed by atoms with Gasteiger partial charge < -0.3 is 15.2 Å². The molecular formula is C10H18N4. The highest BCUT2D eigenvalue weighted by Crippen LogP contribution is 2.18. The van der Waals surface area contributed by atoms with Gasteiger partial charge >= 0.3 is 0 Å². The van der Waals surface area contributed by atoms with E-state index in [9.17, 15) is 0 Å². The highest BCUT2D eigenvalue weighted by atomic mass is 15.2. The minimum atomic E-state index is 0.630. The Labute approximate surface area is 84.7 Å². The van der Waals surface area contributed by atoms with E-state index in [1.54, 1.807) is 6.20 Å². The van der Waals surface area contributed by atoms with Gasteiger partial charge in [-0.05, 0) is 32.9 Å². The molecule has 78 valence electrons. The van der Waals surface area contributed by atoms with Gasteiger partial charge in [0.1, 0.15) is 0 Å². The molecule has 0 aromatic carbocycles. The molecule has 1 aliphatic rings. The van der Waals surface area contributed by atoms with Gasteiger partial charge in [0.15, 0.2) is 5.95 Å². The first-order valence-electron chi connectivity index (χ1n) is 5.24. The van der Waals surface area contributed by atoms with Crippen LogP contribution in [0.1, 0.15) is 19.3 Å². The lowest BCUT2D eigenvalue weighted by Crippen LogP contribution is -2.26. The normalized spacial score (nSPS) is 23.1. The Morgan fingerprint density at radius 1 is 1.64 bits per heavy atom. The van der Waals surface area contributed by atoms with Crippen molar-refractivity contribution in [2.24, 2.45) is 0 Å². The van der Waals surface area contributed by atoms with Crippen LogP contribution in [0.3, 0.4) is 0 Å². The lowest BCUT2D eigenvalue weighted by Gasteiger charge is -2.19. The number of rotatable bonds is 3. The Kier molecular flexibility index (Phi) is 2.72. The first kappa shape index (κ1) is 9.52. The zero-order valence-corrected chi connectivity index (χ0v) is 8.69. The van der Waals surface area contributed by atoms with Crippen molar-refractivity contribution in [3.8, 4) is 0 Å². The number of aromatic nitrogens is 2. The van der Waals surface area contributed by atoms with Crippen LogP contribution in [-0.4, -0.2) is 34.1 Å². The smallest absolute Gasteiger partial charge is 0.200 e. The summed E-state index contributed by atoms with van der Waals surface area (Å²) in [7, 11) is 2.20. The maximum absolute atomic E-state index is 5.70. The van der Waals surface area contributed by atoms with Crippen molar-refractivity contribution in [1.82, 2.24) is 14.5 Å². The molecule has 14 heavy (non-hydrogen) atoms. The van der Waals surface area contributed by atoms with E-state index < -0.39 is 0 Å². The summed E-state index contributed by atoms with van der Waals surface area (Å²) >= 11 is 0. The molecule has 1 fully saturated rings. The largest absolute Gasteiger partial charge is 0.369 e. The van der Waals surface area contributed by atoms with Crippen LogP contribution in [0.2, 0.25) is 0 Å². The van der Waals surface area contributed by atoms with Crippen molar-refractivity contribution in [2.75, 3.05) is 19.3 Å². The molecule has 1 aliphatic heterocycles. The second kappa shape index (κ2) is 4.00. The van der Waals surface area contributed by atoms with Crippen molar-refractivity contribution in [3.05, 3.63) is 12.4 Å². The van der Waals surface area contributed by atoms with Crippen LogP contribution in [0.15, 0.2) is 12.4 Å². The standard InChI is InChI=1S/C10H18N4/c1-13-6-2-3-9(13)4-7-14-8-5-12-10(14)11/h5,8-9H,2-4,6-7H2,1H3,(H2,11,12). The quantitative estimate of drug-likeness (QED) is 0.779. The molecule has 1 aromatic rings. The Morgan fingerprint density at radius 2 is 2.50 bits per heavy atom. The van der Waals surface area contributed by atoms with Crippen molar-refractivity contribution >= 4 is 5.95 Å². The van der Waals surface area contributed by atoms with Crippen LogP contribution >= 0.6 is 0 Å². The Bertz CT molecular complexity index is 294. The van der Waals surface area contributed by atoms with Gasteiger partial charge in [0.2, 0.25) is 0 Å². The summed E-state index contributed by atoms with van der Waals surface area (Å²) in [6, 6.07) is 0.733. The molecule has 0 aliphatic carbocycles. The fourth-order valence-corrected chi connectivity index (χ4v) is 2.16. The van der Waals surface area contributed by atoms with Crippen molar-refractivity contribution < 1.29 is 0 Å². The molecule has 1 saturated heterocycles. The van der Waals surface area contributed by atoms with Crippen LogP contribution in [0.5, 0.6) is 0 Å². The summed E-state index contributed by atoms with van der Waals surface area (Å²) < 4.78 is 2.02. The third-order valence-corrected chi connectivity index (χ3v) is 3.12. The van der Waals surface area contributed by atoms with Gasteiger partial charge in [-0.2, -0.15) is 0 Å². The number of anilines is 1. The number of nitrogen functional groups attached to an aromatic ring is 1. The molecule has 4 nitrogen and oxygen atoms in total. The number of nitrogens with zero attached hydrogens (tertiary/aromatic N) is 3. The number of imidazole rings is 1. The second-order valence-electron chi connectivity index (χ2n) is 4.04. The number of aryl methyl sites for hydroxylation is 1. The predicted molar refractivity (Wildman–Crippen MR) is 56.9 cm³/mol. The SMILES string of the molecule is CN1CCCC1CCn1ccnc1N. The summed E-state index contributed by atoms with van der Waals surface area (Å²) in [6.45, 7) is 2.23. The monoisotopic (exact) mass is 194 g/mol. The van der Waals surface area contributed by atoms with Crippen LogP contribution < -0.4 is 5.73 Å². The summed E-state index contributed by atoms with van der Waals surface area (Å²) in [5, 5.41) is 0. The minimum Gasteiger partial charge on any atom is -0.369 e. The van der Waals surface area contributed by atoms with Crippen molar-refractivity contribution in [3.63, 3.8) is 0 Å². The highest BCUT2D eigenvalue weighted by Gasteiger charge is 2.20. The molecule has 2 N–H and O–H groups in total. The van der Waals surface area contributed by atoms with Crippen LogP contribution in [-0.2, 0) is 6.54 Å². The van der Waals surface area contributed by atoms with Gasteiger partial charge in [-0.15, -0.1) is 0 Å². The van der Waals surface area contributed by atoms with Gasteiger partial charge in [-0.25, -0.2) is 4.98 Å². The topological polar surface area (TPSA) is 47.1 Å². The van der Waals surface area contributed by atoms with Gasteiger partial charge in [0.25, 0.3) is 0 Å². The number of likely N-dealkylation sites (tertiary alicyclic amines) is 1. The van der Waals surface area contributed by atoms with E-state index >= 15 is 0 Å². The van der Waals surface area contributed by atoms with E-state index in [1.165, 1.54) is 25.8 Å². The van der Waals surface area contributed by atoms with Crippen molar-refractivity contribution in [1.29, 1.82) is 0 Å². The molecule has 2 rings (SSSR count). The average molecular weight is 194 g/mol. The third-order valence-electron chi connectivity index (χ3n) is 3.12. The lowest BCUT2D eigenvalue weighted by molar-refractivity contribution is 0.287. The van der Waals surface area contributed by atoms with Crippen LogP contribution in [0.4, 0.5) is 5.95 Å². The molecule has 1 aromatic heterocycles. The molecule has 2 heterocycles. The van der Waals surface area contributed by atoms with Gasteiger partial charge in [0, 0.05) is 25.0 Å². The Morgan fingerprint density at radius 3 is 3.07 bits per heavy atom.